The Kier molecular flexibility index (Phi) is 5.90. The number of rotatable bonds is 6. The molecule has 0 saturated carbocycles. The summed E-state index contributed by atoms with van der Waals surface area (Å²) in [4.78, 5) is 23.9. The molecule has 1 N–H and O–H groups in total. The van der Waals surface area contributed by atoms with E-state index in [4.69, 9.17) is 5.11 Å². The second kappa shape index (κ2) is 7.25. The van der Waals surface area contributed by atoms with E-state index in [2.05, 4.69) is 0 Å². The fraction of sp³-hybridized carbons (Fsp3) is 0.833. The summed E-state index contributed by atoms with van der Waals surface area (Å²) >= 11 is 0. The highest BCUT2D eigenvalue weighted by Crippen LogP contribution is 2.12. The lowest BCUT2D eigenvalue weighted by molar-refractivity contribution is -0.137. The van der Waals surface area contributed by atoms with E-state index in [0.29, 0.717) is 12.8 Å². The van der Waals surface area contributed by atoms with Gasteiger partial charge in [-0.15, -0.1) is 0 Å². The van der Waals surface area contributed by atoms with Gasteiger partial charge in [-0.05, 0) is 32.1 Å². The maximum absolute atomic E-state index is 11.7. The van der Waals surface area contributed by atoms with Crippen molar-refractivity contribution in [3.8, 4) is 0 Å². The summed E-state index contributed by atoms with van der Waals surface area (Å²) in [5.41, 5.74) is 0. The predicted molar refractivity (Wildman–Crippen MR) is 61.2 cm³/mol. The molecular formula is C12H21NO3. The first-order valence-corrected chi connectivity index (χ1v) is 6.20. The third-order valence-electron chi connectivity index (χ3n) is 2.99. The van der Waals surface area contributed by atoms with E-state index in [0.717, 1.165) is 38.8 Å². The monoisotopic (exact) mass is 227 g/mol. The van der Waals surface area contributed by atoms with E-state index in [1.807, 2.05) is 4.90 Å². The molecule has 1 fully saturated rings. The van der Waals surface area contributed by atoms with Crippen molar-refractivity contribution in [3.05, 3.63) is 0 Å². The van der Waals surface area contributed by atoms with E-state index in [9.17, 15) is 9.59 Å². The van der Waals surface area contributed by atoms with Gasteiger partial charge >= 0.3 is 5.97 Å². The van der Waals surface area contributed by atoms with Gasteiger partial charge in [-0.3, -0.25) is 9.59 Å². The number of carboxylic acids is 1. The van der Waals surface area contributed by atoms with Crippen molar-refractivity contribution in [1.29, 1.82) is 0 Å². The van der Waals surface area contributed by atoms with Crippen molar-refractivity contribution in [1.82, 2.24) is 4.90 Å². The van der Waals surface area contributed by atoms with Crippen molar-refractivity contribution in [2.45, 2.75) is 51.4 Å². The minimum absolute atomic E-state index is 0.220. The molecule has 0 aromatic rings. The third kappa shape index (κ3) is 5.14. The molecule has 0 spiro atoms. The molecule has 4 nitrogen and oxygen atoms in total. The molecule has 1 aliphatic heterocycles. The second-order valence-electron chi connectivity index (χ2n) is 4.40. The van der Waals surface area contributed by atoms with Crippen molar-refractivity contribution in [2.75, 3.05) is 13.1 Å². The van der Waals surface area contributed by atoms with E-state index >= 15 is 0 Å². The zero-order chi connectivity index (χ0) is 11.8. The molecule has 0 aromatic carbocycles. The van der Waals surface area contributed by atoms with E-state index in [-0.39, 0.29) is 12.3 Å². The highest BCUT2D eigenvalue weighted by atomic mass is 16.4. The molecule has 0 aromatic heterocycles. The van der Waals surface area contributed by atoms with Gasteiger partial charge in [0.1, 0.15) is 0 Å². The SMILES string of the molecule is O=C(O)CCCCCC(=O)N1CCCCC1. The van der Waals surface area contributed by atoms with Gasteiger partial charge in [-0.25, -0.2) is 0 Å². The zero-order valence-electron chi connectivity index (χ0n) is 9.78. The lowest BCUT2D eigenvalue weighted by atomic mass is 10.1. The average Bonchev–Trinajstić information content (AvgIpc) is 2.29. The fourth-order valence-corrected chi connectivity index (χ4v) is 2.03. The molecule has 1 amide bonds. The van der Waals surface area contributed by atoms with E-state index < -0.39 is 5.97 Å². The number of nitrogens with zero attached hydrogens (tertiary/aromatic N) is 1. The molecular weight excluding hydrogens is 206 g/mol. The molecule has 16 heavy (non-hydrogen) atoms. The lowest BCUT2D eigenvalue weighted by Crippen LogP contribution is -2.35. The Balaban J connectivity index is 2.03. The summed E-state index contributed by atoms with van der Waals surface area (Å²) in [5.74, 6) is -0.502. The highest BCUT2D eigenvalue weighted by Gasteiger charge is 2.15. The van der Waals surface area contributed by atoms with Crippen molar-refractivity contribution in [3.63, 3.8) is 0 Å². The maximum Gasteiger partial charge on any atom is 0.303 e. The zero-order valence-corrected chi connectivity index (χ0v) is 9.78. The first-order chi connectivity index (χ1) is 7.70. The van der Waals surface area contributed by atoms with Crippen LogP contribution in [0.2, 0.25) is 0 Å². The van der Waals surface area contributed by atoms with Crippen LogP contribution in [0, 0.1) is 0 Å². The Bertz CT molecular complexity index is 234. The Labute approximate surface area is 96.6 Å². The summed E-state index contributed by atoms with van der Waals surface area (Å²) < 4.78 is 0. The number of hydrogen-bond acceptors (Lipinski definition) is 2. The average molecular weight is 227 g/mol. The number of amides is 1. The number of carbonyl (C=O) groups is 2. The smallest absolute Gasteiger partial charge is 0.303 e. The largest absolute Gasteiger partial charge is 0.481 e. The van der Waals surface area contributed by atoms with E-state index in [1.54, 1.807) is 0 Å². The number of aliphatic carboxylic acids is 1. The molecule has 1 rings (SSSR count). The lowest BCUT2D eigenvalue weighted by Gasteiger charge is -2.26. The van der Waals surface area contributed by atoms with Crippen LogP contribution < -0.4 is 0 Å². The Morgan fingerprint density at radius 1 is 0.938 bits per heavy atom. The van der Waals surface area contributed by atoms with Crippen LogP contribution in [-0.4, -0.2) is 35.0 Å². The van der Waals surface area contributed by atoms with Crippen LogP contribution in [-0.2, 0) is 9.59 Å². The van der Waals surface area contributed by atoms with Crippen LogP contribution in [0.25, 0.3) is 0 Å². The summed E-state index contributed by atoms with van der Waals surface area (Å²) in [6.45, 7) is 1.82. The van der Waals surface area contributed by atoms with Gasteiger partial charge in [0.2, 0.25) is 5.91 Å². The molecule has 1 heterocycles. The molecule has 0 aliphatic carbocycles. The Morgan fingerprint density at radius 3 is 2.19 bits per heavy atom. The summed E-state index contributed by atoms with van der Waals surface area (Å²) in [6, 6.07) is 0. The number of hydrogen-bond donors (Lipinski definition) is 1. The van der Waals surface area contributed by atoms with Gasteiger partial charge in [-0.2, -0.15) is 0 Å². The molecule has 0 bridgehead atoms. The summed E-state index contributed by atoms with van der Waals surface area (Å²) in [6.07, 6.45) is 6.65. The second-order valence-corrected chi connectivity index (χ2v) is 4.40. The minimum atomic E-state index is -0.748. The van der Waals surface area contributed by atoms with Crippen LogP contribution >= 0.6 is 0 Å². The summed E-state index contributed by atoms with van der Waals surface area (Å²) in [7, 11) is 0. The quantitative estimate of drug-likeness (QED) is 0.706. The van der Waals surface area contributed by atoms with Gasteiger partial charge in [0.25, 0.3) is 0 Å². The van der Waals surface area contributed by atoms with Crippen LogP contribution in [0.4, 0.5) is 0 Å². The predicted octanol–water partition coefficient (Wildman–Crippen LogP) is 2.03. The van der Waals surface area contributed by atoms with Crippen LogP contribution in [0.3, 0.4) is 0 Å². The van der Waals surface area contributed by atoms with Gasteiger partial charge in [-0.1, -0.05) is 6.42 Å². The molecule has 1 saturated heterocycles. The normalized spacial score (nSPS) is 16.1. The van der Waals surface area contributed by atoms with Crippen molar-refractivity contribution in [2.24, 2.45) is 0 Å². The minimum Gasteiger partial charge on any atom is -0.481 e. The van der Waals surface area contributed by atoms with Gasteiger partial charge in [0.05, 0.1) is 0 Å². The van der Waals surface area contributed by atoms with E-state index in [1.165, 1.54) is 6.42 Å². The number of unbranched alkanes of at least 4 members (excludes halogenated alkanes) is 2. The fourth-order valence-electron chi connectivity index (χ4n) is 2.03. The Hall–Kier alpha value is -1.06. The van der Waals surface area contributed by atoms with Crippen LogP contribution in [0.1, 0.15) is 51.4 Å². The highest BCUT2D eigenvalue weighted by molar-refractivity contribution is 5.76. The topological polar surface area (TPSA) is 57.6 Å². The van der Waals surface area contributed by atoms with Gasteiger partial charge in [0.15, 0.2) is 0 Å². The third-order valence-corrected chi connectivity index (χ3v) is 2.99. The molecule has 4 heteroatoms. The number of carbonyl (C=O) groups excluding carboxylic acids is 1. The number of piperidine rings is 1. The van der Waals surface area contributed by atoms with Crippen LogP contribution in [0.5, 0.6) is 0 Å². The summed E-state index contributed by atoms with van der Waals surface area (Å²) in [5, 5.41) is 8.45. The van der Waals surface area contributed by atoms with Gasteiger partial charge in [0, 0.05) is 25.9 Å². The molecule has 0 radical (unpaired) electrons. The first kappa shape index (κ1) is 13.0. The molecule has 0 unspecified atom stereocenters. The Morgan fingerprint density at radius 2 is 1.56 bits per heavy atom. The number of likely N-dealkylation sites (tertiary alicyclic amines) is 1. The van der Waals surface area contributed by atoms with Crippen molar-refractivity contribution < 1.29 is 14.7 Å². The van der Waals surface area contributed by atoms with Crippen LogP contribution in [0.15, 0.2) is 0 Å². The standard InChI is InChI=1S/C12H21NO3/c14-11(13-9-5-2-6-10-13)7-3-1-4-8-12(15)16/h1-10H2,(H,15,16). The molecule has 0 atom stereocenters. The maximum atomic E-state index is 11.7. The van der Waals surface area contributed by atoms with Crippen molar-refractivity contribution >= 4 is 11.9 Å². The first-order valence-electron chi connectivity index (χ1n) is 6.20. The van der Waals surface area contributed by atoms with Gasteiger partial charge < -0.3 is 10.0 Å². The number of carboxylic acid groups (broad SMARTS) is 1. The molecule has 1 aliphatic rings. The molecule has 92 valence electrons.